The molecule has 0 atom stereocenters. The van der Waals surface area contributed by atoms with E-state index in [0.717, 1.165) is 0 Å². The van der Waals surface area contributed by atoms with Crippen molar-refractivity contribution in [3.05, 3.63) is 52.5 Å². The lowest BCUT2D eigenvalue weighted by atomic mass is 10.1. The van der Waals surface area contributed by atoms with Gasteiger partial charge in [0.15, 0.2) is 0 Å². The summed E-state index contributed by atoms with van der Waals surface area (Å²) in [6.45, 7) is 5.47. The number of nitrogens with two attached hydrogens (primary N) is 2. The van der Waals surface area contributed by atoms with Crippen molar-refractivity contribution in [2.24, 2.45) is 21.5 Å². The van der Waals surface area contributed by atoms with E-state index in [4.69, 9.17) is 27.8 Å². The van der Waals surface area contributed by atoms with Gasteiger partial charge in [-0.05, 0) is 62.2 Å². The molecular formula is C19H21ClFN5O3S. The lowest BCUT2D eigenvalue weighted by Crippen LogP contribution is -2.54. The molecule has 0 aromatic heterocycles. The zero-order chi connectivity index (χ0) is 22.3. The molecule has 11 heteroatoms. The molecule has 0 bridgehead atoms. The second kappa shape index (κ2) is 7.77. The van der Waals surface area contributed by atoms with Crippen molar-refractivity contribution in [1.82, 2.24) is 0 Å². The standard InChI is InChI=1S/C19H21ClFN5O3S/c1-11-8-14(30(21,27)28)6-4-12(11)10-29-16-7-5-13(9-15(16)20)26-18(23)24-17(22)25-19(26,2)3/h4-9H,10H2,1-3H3,(H4,22,23,24,25). The van der Waals surface area contributed by atoms with Gasteiger partial charge in [-0.3, -0.25) is 4.90 Å². The number of halogens is 2. The van der Waals surface area contributed by atoms with E-state index < -0.39 is 20.8 Å². The minimum atomic E-state index is -4.75. The molecule has 0 spiro atoms. The minimum absolute atomic E-state index is 0.0988. The summed E-state index contributed by atoms with van der Waals surface area (Å²) in [5.41, 5.74) is 12.9. The normalized spacial score (nSPS) is 16.1. The Kier molecular flexibility index (Phi) is 5.66. The van der Waals surface area contributed by atoms with Crippen LogP contribution in [0.5, 0.6) is 5.75 Å². The summed E-state index contributed by atoms with van der Waals surface area (Å²) in [4.78, 5) is 9.60. The molecular weight excluding hydrogens is 433 g/mol. The third kappa shape index (κ3) is 4.49. The van der Waals surface area contributed by atoms with Crippen molar-refractivity contribution in [1.29, 1.82) is 0 Å². The van der Waals surface area contributed by atoms with Gasteiger partial charge < -0.3 is 16.2 Å². The van der Waals surface area contributed by atoms with Gasteiger partial charge in [0.05, 0.1) is 9.92 Å². The van der Waals surface area contributed by atoms with E-state index in [1.54, 1.807) is 30.0 Å². The number of anilines is 1. The predicted molar refractivity (Wildman–Crippen MR) is 115 cm³/mol. The Labute approximate surface area is 179 Å². The molecule has 2 aromatic rings. The van der Waals surface area contributed by atoms with Crippen LogP contribution in [-0.2, 0) is 16.8 Å². The van der Waals surface area contributed by atoms with Crippen molar-refractivity contribution in [3.8, 4) is 5.75 Å². The summed E-state index contributed by atoms with van der Waals surface area (Å²) in [6, 6.07) is 9.06. The molecule has 0 saturated heterocycles. The van der Waals surface area contributed by atoms with Crippen LogP contribution in [0.15, 0.2) is 51.3 Å². The molecule has 0 fully saturated rings. The fraction of sp³-hybridized carbons (Fsp3) is 0.263. The van der Waals surface area contributed by atoms with Gasteiger partial charge in [-0.2, -0.15) is 13.4 Å². The molecule has 0 aliphatic carbocycles. The van der Waals surface area contributed by atoms with Crippen LogP contribution >= 0.6 is 11.6 Å². The van der Waals surface area contributed by atoms with Crippen molar-refractivity contribution in [2.45, 2.75) is 37.9 Å². The third-order valence-electron chi connectivity index (χ3n) is 4.55. The average Bonchev–Trinajstić information content (AvgIpc) is 2.59. The molecule has 30 heavy (non-hydrogen) atoms. The van der Waals surface area contributed by atoms with E-state index in [9.17, 15) is 12.3 Å². The fourth-order valence-electron chi connectivity index (χ4n) is 3.13. The quantitative estimate of drug-likeness (QED) is 0.670. The highest BCUT2D eigenvalue weighted by Gasteiger charge is 2.33. The summed E-state index contributed by atoms with van der Waals surface area (Å²) in [6.07, 6.45) is 0. The van der Waals surface area contributed by atoms with E-state index in [0.29, 0.717) is 27.6 Å². The smallest absolute Gasteiger partial charge is 0.332 e. The highest BCUT2D eigenvalue weighted by atomic mass is 35.5. The van der Waals surface area contributed by atoms with Crippen LogP contribution in [0.25, 0.3) is 0 Å². The van der Waals surface area contributed by atoms with Gasteiger partial charge in [-0.15, -0.1) is 3.89 Å². The molecule has 1 aliphatic rings. The molecule has 160 valence electrons. The molecule has 2 aromatic carbocycles. The number of rotatable bonds is 5. The maximum Gasteiger partial charge on any atom is 0.332 e. The number of guanidine groups is 2. The molecule has 0 radical (unpaired) electrons. The lowest BCUT2D eigenvalue weighted by molar-refractivity contribution is 0.305. The van der Waals surface area contributed by atoms with Crippen molar-refractivity contribution in [2.75, 3.05) is 4.90 Å². The van der Waals surface area contributed by atoms with Gasteiger partial charge in [0, 0.05) is 5.69 Å². The van der Waals surface area contributed by atoms with E-state index in [2.05, 4.69) is 9.98 Å². The summed E-state index contributed by atoms with van der Waals surface area (Å²) < 4.78 is 40.9. The van der Waals surface area contributed by atoms with Gasteiger partial charge in [0.2, 0.25) is 11.9 Å². The molecule has 1 heterocycles. The Hall–Kier alpha value is -2.85. The topological polar surface area (TPSA) is 123 Å². The number of aliphatic imine (C=N–C) groups is 2. The molecule has 8 nitrogen and oxygen atoms in total. The Bertz CT molecular complexity index is 1160. The average molecular weight is 454 g/mol. The predicted octanol–water partition coefficient (Wildman–Crippen LogP) is 3.07. The van der Waals surface area contributed by atoms with E-state index >= 15 is 0 Å². The van der Waals surface area contributed by atoms with Gasteiger partial charge in [-0.1, -0.05) is 17.7 Å². The SMILES string of the molecule is Cc1cc(S(=O)(=O)F)ccc1COc1ccc(N2C(N)=NC(N)=NC2(C)C)cc1Cl. The zero-order valence-corrected chi connectivity index (χ0v) is 18.1. The first-order valence-electron chi connectivity index (χ1n) is 8.85. The van der Waals surface area contributed by atoms with Gasteiger partial charge in [0.25, 0.3) is 0 Å². The van der Waals surface area contributed by atoms with Crippen LogP contribution < -0.4 is 21.1 Å². The molecule has 0 saturated carbocycles. The van der Waals surface area contributed by atoms with Crippen molar-refractivity contribution >= 4 is 39.4 Å². The second-order valence-corrected chi connectivity index (χ2v) is 8.95. The number of ether oxygens (including phenoxy) is 1. The Balaban J connectivity index is 1.80. The Morgan fingerprint density at radius 2 is 1.90 bits per heavy atom. The lowest BCUT2D eigenvalue weighted by Gasteiger charge is -2.38. The maximum absolute atomic E-state index is 13.1. The first-order chi connectivity index (χ1) is 13.9. The number of benzene rings is 2. The van der Waals surface area contributed by atoms with E-state index in [-0.39, 0.29) is 18.5 Å². The molecule has 3 rings (SSSR count). The van der Waals surface area contributed by atoms with Crippen molar-refractivity contribution in [3.63, 3.8) is 0 Å². The first kappa shape index (κ1) is 21.8. The number of aryl methyl sites for hydroxylation is 1. The van der Waals surface area contributed by atoms with Crippen LogP contribution in [-0.4, -0.2) is 26.0 Å². The summed E-state index contributed by atoms with van der Waals surface area (Å²) in [7, 11) is -4.75. The Morgan fingerprint density at radius 3 is 2.47 bits per heavy atom. The number of nitrogens with zero attached hydrogens (tertiary/aromatic N) is 3. The van der Waals surface area contributed by atoms with E-state index in [1.165, 1.54) is 18.2 Å². The van der Waals surface area contributed by atoms with E-state index in [1.807, 2.05) is 13.8 Å². The first-order valence-corrected chi connectivity index (χ1v) is 10.6. The Morgan fingerprint density at radius 1 is 1.20 bits per heavy atom. The van der Waals surface area contributed by atoms with Gasteiger partial charge in [-0.25, -0.2) is 4.99 Å². The highest BCUT2D eigenvalue weighted by Crippen LogP contribution is 2.34. The van der Waals surface area contributed by atoms with Gasteiger partial charge in [0.1, 0.15) is 18.0 Å². The molecule has 1 aliphatic heterocycles. The second-order valence-electron chi connectivity index (χ2n) is 7.20. The van der Waals surface area contributed by atoms with Crippen LogP contribution in [0, 0.1) is 6.92 Å². The summed E-state index contributed by atoms with van der Waals surface area (Å²) in [5.74, 6) is 0.702. The molecule has 0 amide bonds. The molecule has 0 unspecified atom stereocenters. The van der Waals surface area contributed by atoms with Crippen molar-refractivity contribution < 1.29 is 17.0 Å². The third-order valence-corrected chi connectivity index (χ3v) is 5.66. The summed E-state index contributed by atoms with van der Waals surface area (Å²) >= 11 is 6.39. The van der Waals surface area contributed by atoms with Gasteiger partial charge >= 0.3 is 10.2 Å². The monoisotopic (exact) mass is 453 g/mol. The van der Waals surface area contributed by atoms with Crippen LogP contribution in [0.1, 0.15) is 25.0 Å². The minimum Gasteiger partial charge on any atom is -0.487 e. The number of hydrogen-bond donors (Lipinski definition) is 2. The highest BCUT2D eigenvalue weighted by molar-refractivity contribution is 7.86. The van der Waals surface area contributed by atoms with Crippen LogP contribution in [0.4, 0.5) is 9.57 Å². The zero-order valence-electron chi connectivity index (χ0n) is 16.6. The largest absolute Gasteiger partial charge is 0.487 e. The maximum atomic E-state index is 13.1. The van der Waals surface area contributed by atoms with Crippen LogP contribution in [0.3, 0.4) is 0 Å². The number of hydrogen-bond acceptors (Lipinski definition) is 8. The molecule has 4 N–H and O–H groups in total. The van der Waals surface area contributed by atoms with Crippen LogP contribution in [0.2, 0.25) is 5.02 Å². The summed E-state index contributed by atoms with van der Waals surface area (Å²) in [5, 5.41) is 0.333. The fourth-order valence-corrected chi connectivity index (χ4v) is 3.91.